The smallest absolute Gasteiger partial charge is 0.238 e. The molecule has 4 rings (SSSR count). The van der Waals surface area contributed by atoms with Gasteiger partial charge in [-0.1, -0.05) is 6.07 Å². The van der Waals surface area contributed by atoms with Gasteiger partial charge in [-0.15, -0.1) is 11.8 Å². The Morgan fingerprint density at radius 1 is 1.25 bits per heavy atom. The van der Waals surface area contributed by atoms with Crippen molar-refractivity contribution in [2.45, 2.75) is 11.8 Å². The lowest BCUT2D eigenvalue weighted by molar-refractivity contribution is -0.115. The van der Waals surface area contributed by atoms with Crippen molar-refractivity contribution in [1.82, 2.24) is 10.3 Å². The predicted molar refractivity (Wildman–Crippen MR) is 97.8 cm³/mol. The fourth-order valence-corrected chi connectivity index (χ4v) is 3.97. The molecular formula is C18H18N4OS. The first-order chi connectivity index (χ1) is 11.8. The zero-order valence-electron chi connectivity index (χ0n) is 13.2. The van der Waals surface area contributed by atoms with Gasteiger partial charge in [0.2, 0.25) is 5.91 Å². The van der Waals surface area contributed by atoms with Gasteiger partial charge in [0.25, 0.3) is 0 Å². The van der Waals surface area contributed by atoms with Crippen molar-refractivity contribution in [3.05, 3.63) is 59.4 Å². The van der Waals surface area contributed by atoms with Crippen LogP contribution in [0.1, 0.15) is 16.7 Å². The minimum Gasteiger partial charge on any atom is -0.325 e. The number of nitrogens with zero attached hydrogens (tertiary/aromatic N) is 2. The van der Waals surface area contributed by atoms with E-state index in [9.17, 15) is 4.79 Å². The van der Waals surface area contributed by atoms with Crippen LogP contribution in [0, 0.1) is 0 Å². The zero-order chi connectivity index (χ0) is 16.4. The van der Waals surface area contributed by atoms with Gasteiger partial charge in [0.1, 0.15) is 0 Å². The first-order valence-corrected chi connectivity index (χ1v) is 9.07. The van der Waals surface area contributed by atoms with Gasteiger partial charge in [-0.25, -0.2) is 0 Å². The third-order valence-corrected chi connectivity index (χ3v) is 5.44. The van der Waals surface area contributed by atoms with Crippen LogP contribution in [-0.2, 0) is 11.3 Å². The number of aromatic nitrogens is 1. The van der Waals surface area contributed by atoms with E-state index in [1.165, 1.54) is 5.56 Å². The summed E-state index contributed by atoms with van der Waals surface area (Å²) in [6.45, 7) is 2.38. The molecule has 24 heavy (non-hydrogen) atoms. The Bertz CT molecular complexity index is 785. The van der Waals surface area contributed by atoms with E-state index in [2.05, 4.69) is 26.7 Å². The summed E-state index contributed by atoms with van der Waals surface area (Å²) in [5.74, 6) is 1.04. The highest BCUT2D eigenvalue weighted by Crippen LogP contribution is 2.26. The monoisotopic (exact) mass is 338 g/mol. The normalized spacial score (nSPS) is 19.5. The number of amides is 1. The maximum Gasteiger partial charge on any atom is 0.238 e. The van der Waals surface area contributed by atoms with Crippen molar-refractivity contribution in [2.24, 2.45) is 4.99 Å². The maximum atomic E-state index is 12.4. The molecule has 5 nitrogen and oxygen atoms in total. The largest absolute Gasteiger partial charge is 0.325 e. The Hall–Kier alpha value is -2.18. The molecule has 1 aromatic carbocycles. The van der Waals surface area contributed by atoms with Gasteiger partial charge in [-0.3, -0.25) is 14.8 Å². The summed E-state index contributed by atoms with van der Waals surface area (Å²) in [5, 5.41) is 6.28. The second-order valence-corrected chi connectivity index (χ2v) is 7.14. The predicted octanol–water partition coefficient (Wildman–Crippen LogP) is 2.08. The van der Waals surface area contributed by atoms with Gasteiger partial charge in [-0.05, 0) is 29.8 Å². The molecule has 2 N–H and O–H groups in total. The van der Waals surface area contributed by atoms with Gasteiger partial charge in [-0.2, -0.15) is 0 Å². The van der Waals surface area contributed by atoms with Gasteiger partial charge in [0, 0.05) is 48.1 Å². The third kappa shape index (κ3) is 3.07. The SMILES string of the molecule is O=C(Nc1ccc2c(c1)C(c1ccncc1)=NC2)C1CNCCS1. The number of aliphatic imine (C=N–C) groups is 1. The van der Waals surface area contributed by atoms with Gasteiger partial charge < -0.3 is 10.6 Å². The minimum absolute atomic E-state index is 0.0275. The summed E-state index contributed by atoms with van der Waals surface area (Å²) in [6, 6.07) is 9.96. The lowest BCUT2D eigenvalue weighted by Gasteiger charge is -2.21. The van der Waals surface area contributed by atoms with Crippen LogP contribution in [0.2, 0.25) is 0 Å². The molecule has 2 aromatic rings. The van der Waals surface area contributed by atoms with Crippen molar-refractivity contribution in [3.8, 4) is 0 Å². The van der Waals surface area contributed by atoms with Crippen molar-refractivity contribution in [1.29, 1.82) is 0 Å². The lowest BCUT2D eigenvalue weighted by Crippen LogP contribution is -2.40. The van der Waals surface area contributed by atoms with Crippen LogP contribution < -0.4 is 10.6 Å². The average molecular weight is 338 g/mol. The van der Waals surface area contributed by atoms with E-state index in [-0.39, 0.29) is 11.2 Å². The number of fused-ring (bicyclic) bond motifs is 1. The molecule has 6 heteroatoms. The van der Waals surface area contributed by atoms with Crippen molar-refractivity contribution >= 4 is 29.1 Å². The highest BCUT2D eigenvalue weighted by atomic mass is 32.2. The molecule has 0 spiro atoms. The summed E-state index contributed by atoms with van der Waals surface area (Å²) in [7, 11) is 0. The molecule has 0 radical (unpaired) electrons. The van der Waals surface area contributed by atoms with Crippen molar-refractivity contribution < 1.29 is 4.79 Å². The molecule has 1 fully saturated rings. The minimum atomic E-state index is -0.0275. The molecule has 1 aromatic heterocycles. The number of nitrogens with one attached hydrogen (secondary N) is 2. The number of carbonyl (C=O) groups is 1. The number of hydrogen-bond acceptors (Lipinski definition) is 5. The number of thioether (sulfide) groups is 1. The first kappa shape index (κ1) is 15.4. The lowest BCUT2D eigenvalue weighted by atomic mass is 10.0. The highest BCUT2D eigenvalue weighted by molar-refractivity contribution is 8.00. The van der Waals surface area contributed by atoms with Gasteiger partial charge in [0.15, 0.2) is 0 Å². The Balaban J connectivity index is 1.55. The van der Waals surface area contributed by atoms with E-state index in [1.54, 1.807) is 24.2 Å². The summed E-state index contributed by atoms with van der Waals surface area (Å²) in [6.07, 6.45) is 3.55. The van der Waals surface area contributed by atoms with Crippen LogP contribution in [0.3, 0.4) is 0 Å². The Labute approximate surface area is 145 Å². The number of carbonyl (C=O) groups excluding carboxylic acids is 1. The van der Waals surface area contributed by atoms with Crippen LogP contribution in [-0.4, -0.2) is 40.7 Å². The van der Waals surface area contributed by atoms with E-state index in [0.717, 1.165) is 41.4 Å². The second kappa shape index (κ2) is 6.75. The maximum absolute atomic E-state index is 12.4. The van der Waals surface area contributed by atoms with E-state index in [0.29, 0.717) is 6.54 Å². The van der Waals surface area contributed by atoms with Crippen molar-refractivity contribution in [2.75, 3.05) is 24.2 Å². The molecule has 1 amide bonds. The molecule has 1 unspecified atom stereocenters. The molecular weight excluding hydrogens is 320 g/mol. The molecule has 0 bridgehead atoms. The van der Waals surface area contributed by atoms with Gasteiger partial charge in [0.05, 0.1) is 17.5 Å². The molecule has 0 aliphatic carbocycles. The topological polar surface area (TPSA) is 66.4 Å². The van der Waals surface area contributed by atoms with E-state index in [4.69, 9.17) is 0 Å². The van der Waals surface area contributed by atoms with Crippen LogP contribution in [0.15, 0.2) is 47.7 Å². The Morgan fingerprint density at radius 2 is 2.12 bits per heavy atom. The number of anilines is 1. The number of pyridine rings is 1. The molecule has 1 atom stereocenters. The molecule has 122 valence electrons. The number of hydrogen-bond donors (Lipinski definition) is 2. The standard InChI is InChI=1S/C18H18N4OS/c23-18(16-11-20-7-8-24-16)22-14-2-1-13-10-21-17(15(13)9-14)12-3-5-19-6-4-12/h1-6,9,16,20H,7-8,10-11H2,(H,22,23). The Kier molecular flexibility index (Phi) is 4.32. The van der Waals surface area contributed by atoms with Crippen LogP contribution >= 0.6 is 11.8 Å². The number of benzene rings is 1. The summed E-state index contributed by atoms with van der Waals surface area (Å²) < 4.78 is 0. The molecule has 2 aliphatic rings. The molecule has 0 saturated carbocycles. The number of rotatable bonds is 3. The van der Waals surface area contributed by atoms with E-state index in [1.807, 2.05) is 24.3 Å². The molecule has 2 aliphatic heterocycles. The first-order valence-electron chi connectivity index (χ1n) is 8.02. The fraction of sp³-hybridized carbons (Fsp3) is 0.278. The van der Waals surface area contributed by atoms with Crippen LogP contribution in [0.5, 0.6) is 0 Å². The van der Waals surface area contributed by atoms with Gasteiger partial charge >= 0.3 is 0 Å². The summed E-state index contributed by atoms with van der Waals surface area (Å²) >= 11 is 1.71. The zero-order valence-corrected chi connectivity index (χ0v) is 14.0. The van der Waals surface area contributed by atoms with Crippen molar-refractivity contribution in [3.63, 3.8) is 0 Å². The molecule has 3 heterocycles. The quantitative estimate of drug-likeness (QED) is 0.899. The highest BCUT2D eigenvalue weighted by Gasteiger charge is 2.23. The Morgan fingerprint density at radius 3 is 2.92 bits per heavy atom. The summed E-state index contributed by atoms with van der Waals surface area (Å²) in [5.41, 5.74) is 5.13. The van der Waals surface area contributed by atoms with E-state index < -0.39 is 0 Å². The van der Waals surface area contributed by atoms with Crippen LogP contribution in [0.25, 0.3) is 0 Å². The fourth-order valence-electron chi connectivity index (χ4n) is 2.98. The average Bonchev–Trinajstić information content (AvgIpc) is 3.06. The van der Waals surface area contributed by atoms with Crippen LogP contribution in [0.4, 0.5) is 5.69 Å². The second-order valence-electron chi connectivity index (χ2n) is 5.83. The third-order valence-electron chi connectivity index (χ3n) is 4.21. The van der Waals surface area contributed by atoms with E-state index >= 15 is 0 Å². The molecule has 1 saturated heterocycles. The summed E-state index contributed by atoms with van der Waals surface area (Å²) in [4.78, 5) is 21.1.